The highest BCUT2D eigenvalue weighted by Crippen LogP contribution is 2.31. The summed E-state index contributed by atoms with van der Waals surface area (Å²) >= 11 is 6.15. The van der Waals surface area contributed by atoms with Crippen molar-refractivity contribution in [1.29, 1.82) is 5.26 Å². The van der Waals surface area contributed by atoms with Gasteiger partial charge in [0.15, 0.2) is 0 Å². The average molecular weight is 446 g/mol. The van der Waals surface area contributed by atoms with Crippen molar-refractivity contribution in [2.75, 3.05) is 37.7 Å². The van der Waals surface area contributed by atoms with Gasteiger partial charge in [-0.25, -0.2) is 0 Å². The number of nitriles is 1. The van der Waals surface area contributed by atoms with Gasteiger partial charge in [0.25, 0.3) is 0 Å². The van der Waals surface area contributed by atoms with Gasteiger partial charge in [-0.2, -0.15) is 5.26 Å². The quantitative estimate of drug-likeness (QED) is 0.564. The predicted molar refractivity (Wildman–Crippen MR) is 130 cm³/mol. The molecule has 1 saturated heterocycles. The normalized spacial score (nSPS) is 16.7. The maximum atomic E-state index is 9.20. The van der Waals surface area contributed by atoms with E-state index in [2.05, 4.69) is 64.4 Å². The summed E-state index contributed by atoms with van der Waals surface area (Å²) in [6.07, 6.45) is 1.65. The molecule has 0 aromatic heterocycles. The molecule has 0 aliphatic carbocycles. The van der Waals surface area contributed by atoms with Crippen LogP contribution in [0.4, 0.5) is 5.69 Å². The van der Waals surface area contributed by atoms with Crippen molar-refractivity contribution in [3.63, 3.8) is 0 Å². The summed E-state index contributed by atoms with van der Waals surface area (Å²) in [6.45, 7) is 4.04. The van der Waals surface area contributed by atoms with Crippen LogP contribution in [0, 0.1) is 11.3 Å². The molecule has 1 fully saturated rings. The summed E-state index contributed by atoms with van der Waals surface area (Å²) < 4.78 is 0. The van der Waals surface area contributed by atoms with E-state index in [4.69, 9.17) is 16.9 Å². The third-order valence-corrected chi connectivity index (χ3v) is 6.44. The van der Waals surface area contributed by atoms with Gasteiger partial charge in [0.2, 0.25) is 0 Å². The SMILES string of the molecule is N#Cc1ccc(CCN2CCN(c3ccc(CCO)cc3)[C@H](c3ccc(Cl)cc3)C2)cc1. The molecular formula is C27H28ClN3O. The first-order chi connectivity index (χ1) is 15.7. The van der Waals surface area contributed by atoms with E-state index in [1.165, 1.54) is 16.8 Å². The van der Waals surface area contributed by atoms with E-state index in [9.17, 15) is 5.11 Å². The summed E-state index contributed by atoms with van der Waals surface area (Å²) in [5.41, 5.74) is 5.58. The molecule has 5 heteroatoms. The van der Waals surface area contributed by atoms with Crippen LogP contribution in [0.1, 0.15) is 28.3 Å². The van der Waals surface area contributed by atoms with E-state index in [-0.39, 0.29) is 12.6 Å². The molecule has 1 heterocycles. The van der Waals surface area contributed by atoms with Crippen LogP contribution in [0.15, 0.2) is 72.8 Å². The third kappa shape index (κ3) is 5.49. The van der Waals surface area contributed by atoms with Gasteiger partial charge in [-0.15, -0.1) is 0 Å². The summed E-state index contributed by atoms with van der Waals surface area (Å²) in [5.74, 6) is 0. The molecule has 0 spiro atoms. The van der Waals surface area contributed by atoms with Gasteiger partial charge >= 0.3 is 0 Å². The van der Waals surface area contributed by atoms with Crippen molar-refractivity contribution >= 4 is 17.3 Å². The number of anilines is 1. The third-order valence-electron chi connectivity index (χ3n) is 6.19. The van der Waals surface area contributed by atoms with Gasteiger partial charge in [-0.3, -0.25) is 4.90 Å². The molecule has 1 aliphatic heterocycles. The zero-order valence-electron chi connectivity index (χ0n) is 18.1. The van der Waals surface area contributed by atoms with E-state index in [0.717, 1.165) is 43.2 Å². The Bertz CT molecular complexity index is 1040. The van der Waals surface area contributed by atoms with Gasteiger partial charge in [0.05, 0.1) is 17.7 Å². The molecule has 3 aromatic rings. The van der Waals surface area contributed by atoms with E-state index < -0.39 is 0 Å². The summed E-state index contributed by atoms with van der Waals surface area (Å²) in [5, 5.41) is 18.9. The zero-order chi connectivity index (χ0) is 22.3. The second-order valence-electron chi connectivity index (χ2n) is 8.26. The standard InChI is InChI=1S/C27H28ClN3O/c28-25-9-7-24(8-10-25)27-20-30(15-13-21-1-3-23(19-29)4-2-21)16-17-31(27)26-11-5-22(6-12-26)14-18-32/h1-12,27,32H,13-18,20H2/t27-/m0/s1. The van der Waals surface area contributed by atoms with Crippen LogP contribution in [0.25, 0.3) is 0 Å². The predicted octanol–water partition coefficient (Wildman–Crippen LogP) is 4.85. The lowest BCUT2D eigenvalue weighted by Gasteiger charge is -2.43. The molecule has 4 rings (SSSR count). The Labute approximate surface area is 195 Å². The van der Waals surface area contributed by atoms with Crippen LogP contribution in [0.5, 0.6) is 0 Å². The van der Waals surface area contributed by atoms with Crippen LogP contribution in [-0.4, -0.2) is 42.8 Å². The summed E-state index contributed by atoms with van der Waals surface area (Å²) in [6, 6.07) is 27.1. The highest BCUT2D eigenvalue weighted by atomic mass is 35.5. The van der Waals surface area contributed by atoms with Gasteiger partial charge in [0, 0.05) is 43.5 Å². The van der Waals surface area contributed by atoms with Crippen molar-refractivity contribution in [1.82, 2.24) is 4.90 Å². The Morgan fingerprint density at radius 1 is 0.875 bits per heavy atom. The molecule has 3 aromatic carbocycles. The minimum atomic E-state index is 0.171. The Kier molecular flexibility index (Phi) is 7.44. The average Bonchev–Trinajstić information content (AvgIpc) is 2.84. The Morgan fingerprint density at radius 2 is 1.53 bits per heavy atom. The van der Waals surface area contributed by atoms with E-state index in [1.54, 1.807) is 0 Å². The minimum absolute atomic E-state index is 0.171. The summed E-state index contributed by atoms with van der Waals surface area (Å²) in [4.78, 5) is 5.00. The number of rotatable bonds is 7. The van der Waals surface area contributed by atoms with Crippen LogP contribution < -0.4 is 4.90 Å². The molecule has 0 unspecified atom stereocenters. The first-order valence-electron chi connectivity index (χ1n) is 11.1. The number of piperazine rings is 1. The lowest BCUT2D eigenvalue weighted by atomic mass is 10.00. The van der Waals surface area contributed by atoms with Crippen LogP contribution in [-0.2, 0) is 12.8 Å². The highest BCUT2D eigenvalue weighted by Gasteiger charge is 2.28. The fourth-order valence-corrected chi connectivity index (χ4v) is 4.46. The zero-order valence-corrected chi connectivity index (χ0v) is 18.9. The number of nitrogens with zero attached hydrogens (tertiary/aromatic N) is 3. The van der Waals surface area contributed by atoms with E-state index in [1.807, 2.05) is 24.3 Å². The monoisotopic (exact) mass is 445 g/mol. The fourth-order valence-electron chi connectivity index (χ4n) is 4.34. The Hall–Kier alpha value is -2.84. The van der Waals surface area contributed by atoms with E-state index >= 15 is 0 Å². The Morgan fingerprint density at radius 3 is 2.19 bits per heavy atom. The van der Waals surface area contributed by atoms with Crippen LogP contribution in [0.2, 0.25) is 5.02 Å². The van der Waals surface area contributed by atoms with Gasteiger partial charge in [0.1, 0.15) is 0 Å². The molecular weight excluding hydrogens is 418 g/mol. The highest BCUT2D eigenvalue weighted by molar-refractivity contribution is 6.30. The van der Waals surface area contributed by atoms with Crippen LogP contribution >= 0.6 is 11.6 Å². The lowest BCUT2D eigenvalue weighted by Crippen LogP contribution is -2.49. The van der Waals surface area contributed by atoms with Gasteiger partial charge in [-0.05, 0) is 65.9 Å². The maximum absolute atomic E-state index is 9.20. The maximum Gasteiger partial charge on any atom is 0.0991 e. The van der Waals surface area contributed by atoms with Crippen molar-refractivity contribution in [3.05, 3.63) is 100 Å². The molecule has 1 atom stereocenters. The molecule has 0 bridgehead atoms. The molecule has 4 nitrogen and oxygen atoms in total. The minimum Gasteiger partial charge on any atom is -0.396 e. The second kappa shape index (κ2) is 10.7. The molecule has 0 amide bonds. The van der Waals surface area contributed by atoms with E-state index in [0.29, 0.717) is 12.0 Å². The summed E-state index contributed by atoms with van der Waals surface area (Å²) in [7, 11) is 0. The number of hydrogen-bond acceptors (Lipinski definition) is 4. The number of aliphatic hydroxyl groups is 1. The van der Waals surface area contributed by atoms with Gasteiger partial charge < -0.3 is 10.0 Å². The van der Waals surface area contributed by atoms with Crippen molar-refractivity contribution in [2.45, 2.75) is 18.9 Å². The molecule has 1 aliphatic rings. The lowest BCUT2D eigenvalue weighted by molar-refractivity contribution is 0.226. The molecule has 0 radical (unpaired) electrons. The van der Waals surface area contributed by atoms with Crippen molar-refractivity contribution < 1.29 is 5.11 Å². The fraction of sp³-hybridized carbons (Fsp3) is 0.296. The number of aliphatic hydroxyl groups excluding tert-OH is 1. The Balaban J connectivity index is 1.49. The molecule has 164 valence electrons. The number of halogens is 1. The van der Waals surface area contributed by atoms with Crippen LogP contribution in [0.3, 0.4) is 0 Å². The first-order valence-corrected chi connectivity index (χ1v) is 11.5. The van der Waals surface area contributed by atoms with Crippen molar-refractivity contribution in [2.24, 2.45) is 0 Å². The number of benzene rings is 3. The van der Waals surface area contributed by atoms with Crippen molar-refractivity contribution in [3.8, 4) is 6.07 Å². The second-order valence-corrected chi connectivity index (χ2v) is 8.70. The topological polar surface area (TPSA) is 50.5 Å². The molecule has 0 saturated carbocycles. The number of hydrogen-bond donors (Lipinski definition) is 1. The smallest absolute Gasteiger partial charge is 0.0991 e. The molecule has 32 heavy (non-hydrogen) atoms. The van der Waals surface area contributed by atoms with Gasteiger partial charge in [-0.1, -0.05) is 48.0 Å². The first kappa shape index (κ1) is 22.4. The largest absolute Gasteiger partial charge is 0.396 e. The molecule has 1 N–H and O–H groups in total.